The van der Waals surface area contributed by atoms with Gasteiger partial charge in [0, 0.05) is 18.7 Å². The van der Waals surface area contributed by atoms with Gasteiger partial charge in [-0.1, -0.05) is 35.0 Å². The molecule has 1 aromatic heterocycles. The molecule has 0 saturated carbocycles. The smallest absolute Gasteiger partial charge is 0.257 e. The number of hydrogen-bond acceptors (Lipinski definition) is 4. The Morgan fingerprint density at radius 2 is 2.19 bits per heavy atom. The van der Waals surface area contributed by atoms with Crippen molar-refractivity contribution in [2.24, 2.45) is 0 Å². The lowest BCUT2D eigenvalue weighted by Crippen LogP contribution is -2.36. The van der Waals surface area contributed by atoms with Crippen LogP contribution < -0.4 is 5.32 Å². The molecule has 2 aromatic rings. The molecule has 21 heavy (non-hydrogen) atoms. The normalized spacial score (nSPS) is 12.2. The second kappa shape index (κ2) is 6.74. The highest BCUT2D eigenvalue weighted by Gasteiger charge is 2.23. The molecule has 5 nitrogen and oxygen atoms in total. The number of benzene rings is 1. The Labute approximate surface area is 128 Å². The second-order valence-electron chi connectivity index (χ2n) is 4.77. The van der Waals surface area contributed by atoms with Crippen LogP contribution in [0.15, 0.2) is 28.8 Å². The molecular formula is C15H17ClN2O3. The van der Waals surface area contributed by atoms with E-state index < -0.39 is 0 Å². The third kappa shape index (κ3) is 3.43. The van der Waals surface area contributed by atoms with E-state index in [0.29, 0.717) is 34.2 Å². The molecule has 112 valence electrons. The Morgan fingerprint density at radius 1 is 1.48 bits per heavy atom. The minimum atomic E-state index is -0.256. The molecule has 0 bridgehead atoms. The topological polar surface area (TPSA) is 64.4 Å². The van der Waals surface area contributed by atoms with E-state index in [1.54, 1.807) is 26.2 Å². The Morgan fingerprint density at radius 3 is 2.86 bits per heavy atom. The molecule has 2 rings (SSSR count). The van der Waals surface area contributed by atoms with Crippen molar-refractivity contribution in [1.29, 1.82) is 0 Å². The lowest BCUT2D eigenvalue weighted by atomic mass is 10.1. The van der Waals surface area contributed by atoms with Crippen molar-refractivity contribution in [2.75, 3.05) is 13.7 Å². The highest BCUT2D eigenvalue weighted by Crippen LogP contribution is 2.30. The van der Waals surface area contributed by atoms with Gasteiger partial charge in [-0.05, 0) is 19.9 Å². The molecule has 1 N–H and O–H groups in total. The van der Waals surface area contributed by atoms with Gasteiger partial charge >= 0.3 is 0 Å². The maximum atomic E-state index is 12.4. The highest BCUT2D eigenvalue weighted by atomic mass is 35.5. The molecule has 0 aliphatic rings. The third-order valence-corrected chi connectivity index (χ3v) is 3.34. The number of ether oxygens (including phenoxy) is 1. The number of hydrogen-bond donors (Lipinski definition) is 1. The van der Waals surface area contributed by atoms with E-state index in [1.165, 1.54) is 0 Å². The molecule has 0 aliphatic carbocycles. The van der Waals surface area contributed by atoms with Gasteiger partial charge in [0.25, 0.3) is 5.91 Å². The zero-order chi connectivity index (χ0) is 15.4. The summed E-state index contributed by atoms with van der Waals surface area (Å²) in [4.78, 5) is 12.4. The summed E-state index contributed by atoms with van der Waals surface area (Å²) in [6.07, 6.45) is 0. The minimum absolute atomic E-state index is 0.115. The lowest BCUT2D eigenvalue weighted by molar-refractivity contribution is 0.0904. The van der Waals surface area contributed by atoms with E-state index in [4.69, 9.17) is 20.9 Å². The van der Waals surface area contributed by atoms with Crippen LogP contribution in [0.5, 0.6) is 0 Å². The van der Waals surface area contributed by atoms with Crippen molar-refractivity contribution >= 4 is 17.5 Å². The summed E-state index contributed by atoms with van der Waals surface area (Å²) >= 11 is 6.17. The van der Waals surface area contributed by atoms with Crippen LogP contribution in [-0.2, 0) is 4.74 Å². The van der Waals surface area contributed by atoms with Crippen LogP contribution in [0.1, 0.15) is 23.0 Å². The summed E-state index contributed by atoms with van der Waals surface area (Å²) in [5.74, 6) is 0.195. The fraction of sp³-hybridized carbons (Fsp3) is 0.333. The van der Waals surface area contributed by atoms with Crippen LogP contribution in [-0.4, -0.2) is 30.8 Å². The Hall–Kier alpha value is -1.85. The summed E-state index contributed by atoms with van der Waals surface area (Å²) in [5, 5.41) is 7.33. The van der Waals surface area contributed by atoms with E-state index in [2.05, 4.69) is 10.5 Å². The maximum Gasteiger partial charge on any atom is 0.257 e. The van der Waals surface area contributed by atoms with E-state index in [1.807, 2.05) is 19.1 Å². The predicted octanol–water partition coefficient (Wildman–Crippen LogP) is 3.07. The van der Waals surface area contributed by atoms with Crippen LogP contribution in [0.2, 0.25) is 5.02 Å². The largest absolute Gasteiger partial charge is 0.383 e. The first-order valence-corrected chi connectivity index (χ1v) is 6.93. The molecule has 0 saturated heterocycles. The van der Waals surface area contributed by atoms with Crippen LogP contribution >= 0.6 is 11.6 Å². The van der Waals surface area contributed by atoms with E-state index in [-0.39, 0.29) is 11.9 Å². The van der Waals surface area contributed by atoms with Crippen LogP contribution in [0.4, 0.5) is 0 Å². The van der Waals surface area contributed by atoms with Crippen molar-refractivity contribution in [3.8, 4) is 11.3 Å². The van der Waals surface area contributed by atoms with Gasteiger partial charge in [0.1, 0.15) is 17.0 Å². The summed E-state index contributed by atoms with van der Waals surface area (Å²) < 4.78 is 10.2. The number of nitrogens with one attached hydrogen (secondary N) is 1. The highest BCUT2D eigenvalue weighted by molar-refractivity contribution is 6.33. The first kappa shape index (κ1) is 15.5. The number of aryl methyl sites for hydroxylation is 1. The summed E-state index contributed by atoms with van der Waals surface area (Å²) in [6, 6.07) is 7.08. The predicted molar refractivity (Wildman–Crippen MR) is 80.5 cm³/mol. The van der Waals surface area contributed by atoms with Crippen molar-refractivity contribution < 1.29 is 14.1 Å². The molecule has 0 unspecified atom stereocenters. The Kier molecular flexibility index (Phi) is 4.98. The van der Waals surface area contributed by atoms with Crippen molar-refractivity contribution in [3.63, 3.8) is 0 Å². The Balaban J connectivity index is 2.35. The van der Waals surface area contributed by atoms with E-state index >= 15 is 0 Å². The number of halogens is 1. The number of amides is 1. The summed E-state index contributed by atoms with van der Waals surface area (Å²) in [6.45, 7) is 3.99. The first-order valence-electron chi connectivity index (χ1n) is 6.55. The number of rotatable bonds is 5. The maximum absolute atomic E-state index is 12.4. The molecule has 0 spiro atoms. The monoisotopic (exact) mass is 308 g/mol. The molecule has 1 heterocycles. The van der Waals surface area contributed by atoms with Gasteiger partial charge in [-0.15, -0.1) is 0 Å². The second-order valence-corrected chi connectivity index (χ2v) is 5.18. The number of carbonyl (C=O) groups excluding carboxylic acids is 1. The molecular weight excluding hydrogens is 292 g/mol. The first-order chi connectivity index (χ1) is 10.0. The average Bonchev–Trinajstić information content (AvgIpc) is 2.81. The molecule has 6 heteroatoms. The quantitative estimate of drug-likeness (QED) is 0.922. The third-order valence-electron chi connectivity index (χ3n) is 3.01. The SMILES string of the molecule is COC[C@H](C)NC(=O)c1c(-c2ccccc2Cl)noc1C. The van der Waals surface area contributed by atoms with Gasteiger partial charge in [-0.2, -0.15) is 0 Å². The van der Waals surface area contributed by atoms with Crippen molar-refractivity contribution in [1.82, 2.24) is 10.5 Å². The zero-order valence-corrected chi connectivity index (χ0v) is 12.9. The summed E-state index contributed by atoms with van der Waals surface area (Å²) in [7, 11) is 1.59. The number of carbonyl (C=O) groups is 1. The van der Waals surface area contributed by atoms with Gasteiger partial charge in [-0.25, -0.2) is 0 Å². The van der Waals surface area contributed by atoms with Gasteiger partial charge in [0.05, 0.1) is 11.6 Å². The van der Waals surface area contributed by atoms with Crippen molar-refractivity contribution in [3.05, 3.63) is 40.6 Å². The number of nitrogens with zero attached hydrogens (tertiary/aromatic N) is 1. The minimum Gasteiger partial charge on any atom is -0.383 e. The molecule has 0 aliphatic heterocycles. The summed E-state index contributed by atoms with van der Waals surface area (Å²) in [5.41, 5.74) is 1.51. The number of aromatic nitrogens is 1. The average molecular weight is 309 g/mol. The lowest BCUT2D eigenvalue weighted by Gasteiger charge is -2.12. The van der Waals surface area contributed by atoms with E-state index in [0.717, 1.165) is 0 Å². The van der Waals surface area contributed by atoms with Gasteiger partial charge in [0.2, 0.25) is 0 Å². The fourth-order valence-corrected chi connectivity index (χ4v) is 2.29. The number of methoxy groups -OCH3 is 1. The molecule has 0 fully saturated rings. The molecule has 1 atom stereocenters. The van der Waals surface area contributed by atoms with Crippen molar-refractivity contribution in [2.45, 2.75) is 19.9 Å². The van der Waals surface area contributed by atoms with Gasteiger partial charge < -0.3 is 14.6 Å². The fourth-order valence-electron chi connectivity index (χ4n) is 2.06. The van der Waals surface area contributed by atoms with Crippen LogP contribution in [0.3, 0.4) is 0 Å². The van der Waals surface area contributed by atoms with Gasteiger partial charge in [-0.3, -0.25) is 4.79 Å². The zero-order valence-electron chi connectivity index (χ0n) is 12.1. The van der Waals surface area contributed by atoms with Gasteiger partial charge in [0.15, 0.2) is 0 Å². The van der Waals surface area contributed by atoms with Crippen LogP contribution in [0, 0.1) is 6.92 Å². The van der Waals surface area contributed by atoms with E-state index in [9.17, 15) is 4.79 Å². The molecule has 0 radical (unpaired) electrons. The molecule has 1 aromatic carbocycles. The van der Waals surface area contributed by atoms with Crippen LogP contribution in [0.25, 0.3) is 11.3 Å². The standard InChI is InChI=1S/C15H17ClN2O3/c1-9(8-20-3)17-15(19)13-10(2)21-18-14(13)11-6-4-5-7-12(11)16/h4-7,9H,8H2,1-3H3,(H,17,19)/t9-/m0/s1. The molecule has 1 amide bonds. The Bertz CT molecular complexity index is 640.